The molecule has 2 aromatic heterocycles. The zero-order valence-electron chi connectivity index (χ0n) is 30.7. The van der Waals surface area contributed by atoms with Crippen molar-refractivity contribution in [2.75, 3.05) is 0 Å². The van der Waals surface area contributed by atoms with Gasteiger partial charge in [0.25, 0.3) is 0 Å². The summed E-state index contributed by atoms with van der Waals surface area (Å²) in [4.78, 5) is 20.9. The largest absolute Gasteiger partial charge is 0 e. The van der Waals surface area contributed by atoms with Crippen molar-refractivity contribution in [2.24, 2.45) is 11.8 Å². The molecule has 7 heteroatoms. The van der Waals surface area contributed by atoms with Gasteiger partial charge in [0, 0.05) is 38.0 Å². The molecule has 1 N–H and O–H groups in total. The topological polar surface area (TPSA) is 63.1 Å². The summed E-state index contributed by atoms with van der Waals surface area (Å²) < 4.78 is 12.2. The average molecular weight is 890 g/mol. The molecule has 5 rings (SSSR count). The molecule has 0 amide bonds. The first-order chi connectivity index (χ1) is 22.1. The molecule has 0 aliphatic heterocycles. The third-order valence-electron chi connectivity index (χ3n) is 8.96. The molecule has 0 saturated carbocycles. The number of allylic oxidation sites excluding steroid dienone is 2. The Kier molecular flexibility index (Phi) is 13.0. The third kappa shape index (κ3) is 8.81. The monoisotopic (exact) mass is 891 g/mol. The molecule has 0 aliphatic carbocycles. The van der Waals surface area contributed by atoms with Gasteiger partial charge in [-0.2, -0.15) is 0 Å². The van der Waals surface area contributed by atoms with Gasteiger partial charge in [-0.3, -0.25) is 4.79 Å². The van der Waals surface area contributed by atoms with Crippen molar-refractivity contribution in [3.05, 3.63) is 78.3 Å². The van der Waals surface area contributed by atoms with E-state index in [0.29, 0.717) is 0 Å². The van der Waals surface area contributed by atoms with Crippen LogP contribution in [0.25, 0.3) is 42.3 Å². The van der Waals surface area contributed by atoms with E-state index in [0.717, 1.165) is 57.9 Å². The van der Waals surface area contributed by atoms with Crippen molar-refractivity contribution >= 4 is 65.9 Å². The summed E-state index contributed by atoms with van der Waals surface area (Å²) in [5.41, 5.74) is 3.91. The second-order valence-electron chi connectivity index (χ2n) is 14.3. The van der Waals surface area contributed by atoms with E-state index >= 15 is 0 Å². The van der Waals surface area contributed by atoms with E-state index in [4.69, 9.17) is 1.37 Å². The fourth-order valence-corrected chi connectivity index (χ4v) is 12.1. The Hall–Kier alpha value is -2.38. The minimum absolute atomic E-state index is 0. The van der Waals surface area contributed by atoms with Crippen molar-refractivity contribution < 1.29 is 31.4 Å². The predicted molar refractivity (Wildman–Crippen MR) is 202 cm³/mol. The molecule has 0 spiro atoms. The molecule has 253 valence electrons. The molecule has 0 aliphatic rings. The number of hydrogen-bond donors (Lipinski definition) is 1. The summed E-state index contributed by atoms with van der Waals surface area (Å²) in [5.74, 6) is 7.82. The van der Waals surface area contributed by atoms with Crippen molar-refractivity contribution in [3.8, 4) is 11.3 Å². The van der Waals surface area contributed by atoms with Crippen LogP contribution in [0, 0.1) is 17.9 Å². The summed E-state index contributed by atoms with van der Waals surface area (Å²) in [5, 5.41) is 13.2. The van der Waals surface area contributed by atoms with Crippen LogP contribution in [0.1, 0.15) is 81.1 Å². The summed E-state index contributed by atoms with van der Waals surface area (Å²) in [6.45, 7) is 14.8. The van der Waals surface area contributed by atoms with Gasteiger partial charge in [0.2, 0.25) is 0 Å². The van der Waals surface area contributed by atoms with Gasteiger partial charge in [-0.05, 0) is 25.7 Å². The second-order valence-corrected chi connectivity index (χ2v) is 25.9. The van der Waals surface area contributed by atoms with Crippen LogP contribution in [0.2, 0.25) is 17.3 Å². The quantitative estimate of drug-likeness (QED) is 0.0693. The number of benzene rings is 3. The second kappa shape index (κ2) is 16.3. The number of carbonyl (C=O) groups excluding carboxylic acids is 1. The van der Waals surface area contributed by atoms with Crippen LogP contribution in [-0.4, -0.2) is 34.1 Å². The van der Waals surface area contributed by atoms with Crippen molar-refractivity contribution in [1.29, 1.82) is 0 Å². The predicted octanol–water partition coefficient (Wildman–Crippen LogP) is 11.2. The van der Waals surface area contributed by atoms with Gasteiger partial charge in [-0.25, -0.2) is 0 Å². The van der Waals surface area contributed by atoms with Gasteiger partial charge in [0.1, 0.15) is 0 Å². The number of fused-ring (bicyclic) bond motifs is 4. The molecule has 0 fully saturated rings. The van der Waals surface area contributed by atoms with E-state index in [9.17, 15) is 9.90 Å². The minimum atomic E-state index is -2.08. The van der Waals surface area contributed by atoms with Crippen LogP contribution in [0.5, 0.6) is 0 Å². The Labute approximate surface area is 303 Å². The molecule has 0 bridgehead atoms. The average Bonchev–Trinajstić information content (AvgIpc) is 3.39. The van der Waals surface area contributed by atoms with E-state index < -0.39 is 13.3 Å². The number of aliphatic hydroxyl groups excluding tert-OH is 1. The van der Waals surface area contributed by atoms with Crippen LogP contribution in [0.4, 0.5) is 0 Å². The van der Waals surface area contributed by atoms with E-state index in [1.54, 1.807) is 11.3 Å². The Bertz CT molecular complexity index is 1910. The normalized spacial score (nSPS) is 12.8. The van der Waals surface area contributed by atoms with E-state index in [-0.39, 0.29) is 55.2 Å². The minimum Gasteiger partial charge on any atom is 0 e. The Morgan fingerprint density at radius 1 is 0.936 bits per heavy atom. The number of ketones is 1. The van der Waals surface area contributed by atoms with Gasteiger partial charge < -0.3 is 5.11 Å². The summed E-state index contributed by atoms with van der Waals surface area (Å²) in [6.07, 6.45) is 4.97. The van der Waals surface area contributed by atoms with Crippen molar-refractivity contribution in [2.45, 2.75) is 96.8 Å². The first-order valence-corrected chi connectivity index (χ1v) is 24.9. The Morgan fingerprint density at radius 2 is 1.55 bits per heavy atom. The molecular weight excluding hydrogens is 837 g/mol. The maximum absolute atomic E-state index is 11.7. The molecule has 5 aromatic rings. The standard InChI is InChI=1S/C27H27GeN2S.C13H24O2.Ir/c1-27(2,3)21-15-18(14-17-10-7-8-11-19(17)21)23-26-24(30-16-29-23)20-12-9-13-22(25(20)31-26)28(4,5)6;1-5-10(6-2)12(14)9-13(15)11(7-3)8-4;/h7-13,15-16H,1-6H3;9-11,14H,5-8H2,1-4H3;/q-1;;/b;12-9-;/i16D;;. The number of aromatic nitrogens is 2. The third-order valence-corrected chi connectivity index (χ3v) is 14.8. The Balaban J connectivity index is 0.000000334. The molecule has 1 radical (unpaired) electrons. The first kappa shape index (κ1) is 37.4. The van der Waals surface area contributed by atoms with Crippen LogP contribution in [0.3, 0.4) is 0 Å². The number of thiophene rings is 1. The van der Waals surface area contributed by atoms with Crippen LogP contribution >= 0.6 is 11.3 Å². The van der Waals surface area contributed by atoms with Gasteiger partial charge in [-0.1, -0.05) is 27.7 Å². The molecular formula is C40H51GeIrN2O2S-. The van der Waals surface area contributed by atoms with E-state index in [1.807, 2.05) is 27.7 Å². The van der Waals surface area contributed by atoms with Gasteiger partial charge >= 0.3 is 193 Å². The molecule has 0 atom stereocenters. The zero-order chi connectivity index (χ0) is 34.7. The molecule has 4 nitrogen and oxygen atoms in total. The molecule has 0 unspecified atom stereocenters. The number of carbonyl (C=O) groups is 1. The van der Waals surface area contributed by atoms with Gasteiger partial charge in [0.05, 0.1) is 5.76 Å². The summed E-state index contributed by atoms with van der Waals surface area (Å²) in [6, 6.07) is 20.8. The maximum atomic E-state index is 11.7. The van der Waals surface area contributed by atoms with Crippen LogP contribution in [-0.2, 0) is 30.3 Å². The van der Waals surface area contributed by atoms with Crippen LogP contribution < -0.4 is 4.40 Å². The van der Waals surface area contributed by atoms with Crippen LogP contribution in [0.15, 0.2) is 66.7 Å². The molecule has 0 saturated heterocycles. The summed E-state index contributed by atoms with van der Waals surface area (Å²) in [7, 11) is 0. The van der Waals surface area contributed by atoms with E-state index in [1.165, 1.54) is 26.1 Å². The number of hydrogen-bond acceptors (Lipinski definition) is 5. The maximum Gasteiger partial charge on any atom is 0 e. The fraction of sp³-hybridized carbons (Fsp3) is 0.425. The SMILES string of the molecule is CCC(CC)C(=O)/C=C(\O)C(CC)CC.[2H]c1nc(-c2[c-]c3ccccc3c(C(C)(C)C)c2)c2sc3[c]([Ge]([CH3])([CH3])[CH3])cccc3c2n1.[Ir]. The van der Waals surface area contributed by atoms with E-state index in [2.05, 4.69) is 103 Å². The number of nitrogens with zero attached hydrogens (tertiary/aromatic N) is 2. The van der Waals surface area contributed by atoms with Gasteiger partial charge in [-0.15, -0.1) is 0 Å². The molecule has 3 aromatic carbocycles. The van der Waals surface area contributed by atoms with Crippen molar-refractivity contribution in [1.82, 2.24) is 9.97 Å². The molecule has 2 heterocycles. The van der Waals surface area contributed by atoms with Crippen molar-refractivity contribution in [3.63, 3.8) is 0 Å². The Morgan fingerprint density at radius 3 is 2.15 bits per heavy atom. The smallest absolute Gasteiger partial charge is 0 e. The number of aliphatic hydroxyl groups is 1. The van der Waals surface area contributed by atoms with Gasteiger partial charge in [0.15, 0.2) is 5.78 Å². The summed E-state index contributed by atoms with van der Waals surface area (Å²) >= 11 is -0.295. The first-order valence-electron chi connectivity index (χ1n) is 17.2. The zero-order valence-corrected chi connectivity index (χ0v) is 35.0. The number of rotatable bonds is 9. The fourth-order valence-electron chi connectivity index (χ4n) is 6.08. The molecule has 47 heavy (non-hydrogen) atoms.